The van der Waals surface area contributed by atoms with Crippen LogP contribution in [0.3, 0.4) is 0 Å². The maximum absolute atomic E-state index is 13.3. The molecule has 3 aliphatic rings. The number of nitrogens with two attached hydrogens (primary N) is 2. The number of anilines is 1. The predicted molar refractivity (Wildman–Crippen MR) is 153 cm³/mol. The maximum Gasteiger partial charge on any atom is 0.350 e. The Labute approximate surface area is 256 Å². The highest BCUT2D eigenvalue weighted by atomic mass is 32.2. The van der Waals surface area contributed by atoms with Crippen LogP contribution in [-0.4, -0.2) is 116 Å². The Hall–Kier alpha value is -3.56. The highest BCUT2D eigenvalue weighted by molar-refractivity contribution is 8.00. The number of β-lactam (4-membered cyclic amide) rings is 1. The van der Waals surface area contributed by atoms with Crippen LogP contribution in [-0.2, 0) is 30.6 Å². The molecule has 1 aliphatic carbocycles. The normalized spacial score (nSPS) is 24.7. The van der Waals surface area contributed by atoms with Crippen molar-refractivity contribution < 1.29 is 34.2 Å². The minimum absolute atomic E-state index is 0.0503. The average molecular weight is 656 g/mol. The number of amides is 2. The molecule has 3 atom stereocenters. The third kappa shape index (κ3) is 6.10. The van der Waals surface area contributed by atoms with Crippen molar-refractivity contribution in [3.8, 4) is 0 Å². The van der Waals surface area contributed by atoms with Gasteiger partial charge in [-0.2, -0.15) is 9.36 Å². The molecule has 0 aromatic carbocycles. The lowest BCUT2D eigenvalue weighted by Gasteiger charge is -2.53. The molecule has 2 aromatic heterocycles. The molecular weight excluding hydrogens is 627 g/mol. The largest absolute Gasteiger partial charge is 0.481 e. The van der Waals surface area contributed by atoms with Gasteiger partial charge in [-0.05, 0) is 36.2 Å². The molecule has 2 amide bonds. The number of nitrogens with zero attached hydrogens (tertiary/aromatic N) is 8. The van der Waals surface area contributed by atoms with Crippen LogP contribution in [0.25, 0.3) is 0 Å². The van der Waals surface area contributed by atoms with Crippen LogP contribution in [0, 0.1) is 5.41 Å². The van der Waals surface area contributed by atoms with Crippen molar-refractivity contribution in [2.24, 2.45) is 16.3 Å². The van der Waals surface area contributed by atoms with E-state index in [-0.39, 0.29) is 41.8 Å². The number of aryl methyl sites for hydroxylation is 1. The molecule has 0 bridgehead atoms. The quantitative estimate of drug-likeness (QED) is 0.0736. The minimum Gasteiger partial charge on any atom is -0.481 e. The molecule has 43 heavy (non-hydrogen) atoms. The van der Waals surface area contributed by atoms with Crippen LogP contribution < -0.4 is 16.8 Å². The Morgan fingerprint density at radius 2 is 2.00 bits per heavy atom. The molecule has 2 unspecified atom stereocenters. The standard InChI is InChI=1S/C22H29N11O7S3/c23-6-3-7-33-20(27-30-31-33)42-10-21(17(36)37)8-32-15(35)12(16(32)41-9-21)25-14(34)11(13-26-19(24)43-29-13)28-40-22(18(38)39)4-1-2-5-22/h12,16H,1-10,23H2,(H,25,34)(H,36,37)(H,38,39)(H2,24,26,29)/t12?,16-,21?/m1/s1. The number of thioether (sulfide) groups is 2. The molecule has 5 rings (SSSR count). The Morgan fingerprint density at radius 3 is 2.65 bits per heavy atom. The van der Waals surface area contributed by atoms with Crippen molar-refractivity contribution in [2.75, 3.05) is 30.3 Å². The molecule has 0 spiro atoms. The number of nitrogen functional groups attached to an aromatic ring is 1. The van der Waals surface area contributed by atoms with E-state index in [0.29, 0.717) is 37.5 Å². The Kier molecular flexibility index (Phi) is 9.04. The van der Waals surface area contributed by atoms with Crippen LogP contribution in [0.5, 0.6) is 0 Å². The lowest BCUT2D eigenvalue weighted by molar-refractivity contribution is -0.165. The second-order valence-corrected chi connectivity index (χ2v) is 13.1. The van der Waals surface area contributed by atoms with Crippen molar-refractivity contribution >= 4 is 69.7 Å². The third-order valence-electron chi connectivity index (χ3n) is 7.42. The zero-order valence-electron chi connectivity index (χ0n) is 22.6. The number of carboxylic acid groups (broad SMARTS) is 2. The fourth-order valence-electron chi connectivity index (χ4n) is 4.94. The molecule has 2 saturated heterocycles. The fraction of sp³-hybridized carbons (Fsp3) is 0.636. The number of rotatable bonds is 13. The van der Waals surface area contributed by atoms with Gasteiger partial charge in [0.1, 0.15) is 16.8 Å². The summed E-state index contributed by atoms with van der Waals surface area (Å²) in [6.45, 7) is 0.872. The van der Waals surface area contributed by atoms with E-state index in [1.54, 1.807) is 4.68 Å². The zero-order valence-corrected chi connectivity index (χ0v) is 25.1. The Balaban J connectivity index is 1.27. The number of oxime groups is 1. The maximum atomic E-state index is 13.3. The second-order valence-electron chi connectivity index (χ2n) is 10.3. The van der Waals surface area contributed by atoms with E-state index in [1.165, 1.54) is 28.4 Å². The number of hydrogen-bond acceptors (Lipinski definition) is 16. The van der Waals surface area contributed by atoms with Crippen LogP contribution >= 0.6 is 35.1 Å². The predicted octanol–water partition coefficient (Wildman–Crippen LogP) is -1.16. The van der Waals surface area contributed by atoms with Gasteiger partial charge < -0.3 is 36.7 Å². The van der Waals surface area contributed by atoms with Gasteiger partial charge in [0.05, 0.1) is 0 Å². The first-order valence-electron chi connectivity index (χ1n) is 13.2. The van der Waals surface area contributed by atoms with E-state index >= 15 is 0 Å². The number of tetrazole rings is 1. The highest BCUT2D eigenvalue weighted by Gasteiger charge is 2.58. The van der Waals surface area contributed by atoms with E-state index in [0.717, 1.165) is 11.5 Å². The Bertz CT molecular complexity index is 1430. The number of nitrogens with one attached hydrogen (secondary N) is 1. The summed E-state index contributed by atoms with van der Waals surface area (Å²) < 4.78 is 5.56. The monoisotopic (exact) mass is 655 g/mol. The topological polar surface area (TPSA) is 267 Å². The number of hydrogen-bond donors (Lipinski definition) is 5. The van der Waals surface area contributed by atoms with Crippen molar-refractivity contribution in [2.45, 2.75) is 60.8 Å². The fourth-order valence-corrected chi connectivity index (χ4v) is 8.14. The highest BCUT2D eigenvalue weighted by Crippen LogP contribution is 2.44. The van der Waals surface area contributed by atoms with E-state index in [2.05, 4.69) is 35.4 Å². The summed E-state index contributed by atoms with van der Waals surface area (Å²) in [6, 6.07) is -0.985. The van der Waals surface area contributed by atoms with Crippen molar-refractivity contribution in [1.29, 1.82) is 0 Å². The van der Waals surface area contributed by atoms with Gasteiger partial charge in [0, 0.05) is 49.0 Å². The SMILES string of the molecule is NCCCn1nnnc1SCC1(C(=O)O)CS[C@@H]2C(NC(=O)C(=NOC3(C(=O)O)CCCC3)c3nsc(N)n3)C(=O)N2C1. The van der Waals surface area contributed by atoms with Gasteiger partial charge in [0.25, 0.3) is 5.91 Å². The van der Waals surface area contributed by atoms with Crippen molar-refractivity contribution in [3.05, 3.63) is 5.82 Å². The summed E-state index contributed by atoms with van der Waals surface area (Å²) in [5.41, 5.74) is 7.96. The number of carbonyl (C=O) groups is 4. The molecule has 2 aromatic rings. The first kappa shape index (κ1) is 30.9. The van der Waals surface area contributed by atoms with Crippen molar-refractivity contribution in [3.63, 3.8) is 0 Å². The first-order chi connectivity index (χ1) is 20.6. The van der Waals surface area contributed by atoms with Gasteiger partial charge in [0.15, 0.2) is 5.13 Å². The van der Waals surface area contributed by atoms with E-state index in [9.17, 15) is 29.4 Å². The summed E-state index contributed by atoms with van der Waals surface area (Å²) in [5.74, 6) is -3.49. The van der Waals surface area contributed by atoms with E-state index in [1.807, 2.05) is 0 Å². The first-order valence-corrected chi connectivity index (χ1v) is 16.0. The molecule has 232 valence electrons. The summed E-state index contributed by atoms with van der Waals surface area (Å²) in [6.07, 6.45) is 2.33. The summed E-state index contributed by atoms with van der Waals surface area (Å²) >= 11 is 3.23. The molecule has 0 radical (unpaired) electrons. The zero-order chi connectivity index (χ0) is 30.8. The molecule has 1 saturated carbocycles. The number of carbonyl (C=O) groups excluding carboxylic acids is 2. The molecule has 7 N–H and O–H groups in total. The molecule has 2 aliphatic heterocycles. The molecule has 18 nitrogen and oxygen atoms in total. The molecule has 21 heteroatoms. The van der Waals surface area contributed by atoms with Crippen LogP contribution in [0.15, 0.2) is 10.3 Å². The molecule has 3 fully saturated rings. The van der Waals surface area contributed by atoms with Crippen LogP contribution in [0.2, 0.25) is 0 Å². The molecular formula is C22H29N11O7S3. The lowest BCUT2D eigenvalue weighted by atomic mass is 9.89. The van der Waals surface area contributed by atoms with Gasteiger partial charge in [-0.1, -0.05) is 16.9 Å². The number of aliphatic carboxylic acids is 2. The summed E-state index contributed by atoms with van der Waals surface area (Å²) in [4.78, 5) is 61.7. The number of aromatic nitrogens is 6. The van der Waals surface area contributed by atoms with E-state index in [4.69, 9.17) is 16.3 Å². The summed E-state index contributed by atoms with van der Waals surface area (Å²) in [5, 5.41) is 37.9. The second kappa shape index (κ2) is 12.6. The third-order valence-corrected chi connectivity index (χ3v) is 10.8. The molecule has 4 heterocycles. The average Bonchev–Trinajstić information content (AvgIpc) is 3.75. The lowest BCUT2D eigenvalue weighted by Crippen LogP contribution is -2.74. The van der Waals surface area contributed by atoms with Gasteiger partial charge in [-0.15, -0.1) is 16.9 Å². The van der Waals surface area contributed by atoms with E-state index < -0.39 is 51.9 Å². The van der Waals surface area contributed by atoms with Gasteiger partial charge in [-0.3, -0.25) is 14.4 Å². The Morgan fingerprint density at radius 1 is 1.23 bits per heavy atom. The van der Waals surface area contributed by atoms with Crippen LogP contribution in [0.4, 0.5) is 5.13 Å². The van der Waals surface area contributed by atoms with Gasteiger partial charge in [0.2, 0.25) is 28.2 Å². The minimum atomic E-state index is -1.58. The van der Waals surface area contributed by atoms with Crippen molar-refractivity contribution in [1.82, 2.24) is 39.8 Å². The van der Waals surface area contributed by atoms with Crippen LogP contribution in [0.1, 0.15) is 37.9 Å². The smallest absolute Gasteiger partial charge is 0.350 e. The number of fused-ring (bicyclic) bond motifs is 1. The summed E-state index contributed by atoms with van der Waals surface area (Å²) in [7, 11) is 0. The van der Waals surface area contributed by atoms with Gasteiger partial charge in [-0.25, -0.2) is 9.48 Å². The number of carboxylic acids is 2. The van der Waals surface area contributed by atoms with Gasteiger partial charge >= 0.3 is 11.9 Å².